The fourth-order valence-electron chi connectivity index (χ4n) is 10.4. The summed E-state index contributed by atoms with van der Waals surface area (Å²) in [6.45, 7) is 21.8. The number of rotatable bonds is 13. The van der Waals surface area contributed by atoms with Crippen molar-refractivity contribution in [2.24, 2.45) is 36.8 Å². The number of aromatic nitrogens is 10. The molecule has 4 aliphatic rings. The molecular weight excluding hydrogens is 981 g/mol. The smallest absolute Gasteiger partial charge is 0.255 e. The minimum absolute atomic E-state index is 0.127. The van der Waals surface area contributed by atoms with Gasteiger partial charge in [-0.15, -0.1) is 0 Å². The van der Waals surface area contributed by atoms with Crippen molar-refractivity contribution in [3.8, 4) is 34.9 Å². The van der Waals surface area contributed by atoms with Gasteiger partial charge in [0.2, 0.25) is 11.8 Å². The zero-order chi connectivity index (χ0) is 54.6. The van der Waals surface area contributed by atoms with Crippen LogP contribution in [-0.2, 0) is 60.8 Å². The minimum Gasteiger partial charge on any atom is -0.361 e. The van der Waals surface area contributed by atoms with Gasteiger partial charge >= 0.3 is 0 Å². The van der Waals surface area contributed by atoms with E-state index < -0.39 is 32.0 Å². The third-order valence-corrected chi connectivity index (χ3v) is 17.0. The number of carbonyl (C=O) groups is 4. The fraction of sp³-hybridized carbons (Fsp3) is 0.556. The van der Waals surface area contributed by atoms with Crippen LogP contribution < -0.4 is 10.6 Å². The summed E-state index contributed by atoms with van der Waals surface area (Å²) in [6.07, 6.45) is 12.6. The number of aryl methyl sites for hydroxylation is 2. The number of hydrogen-bond acceptors (Lipinski definition) is 13. The number of ether oxygens (including phenoxy) is 1. The van der Waals surface area contributed by atoms with Crippen LogP contribution in [0.1, 0.15) is 97.6 Å². The SMILES string of the molecule is C[C@@H](NC(=O)c1c[nH]c2ncc(-c3nn(C)c4c3CCC(C)(C)C4)nc12)C(=O)N1CC(C#N)C1.C[C@@H](NC(=O)c1cn(COCC[Si](C)(C)C)c2ncc(-c3nn(C)c4c3CCC(C)(C)C4)nc12)C(=O)N1CC(C#N)C1. The van der Waals surface area contributed by atoms with Gasteiger partial charge in [0.25, 0.3) is 11.8 Å². The number of nitrogens with zero attached hydrogens (tertiary/aromatic N) is 13. The Kier molecular flexibility index (Phi) is 14.6. The molecule has 22 heteroatoms. The Morgan fingerprint density at radius 2 is 1.25 bits per heavy atom. The quantitative estimate of drug-likeness (QED) is 0.0923. The summed E-state index contributed by atoms with van der Waals surface area (Å²) in [5.41, 5.74) is 10.7. The van der Waals surface area contributed by atoms with Gasteiger partial charge in [0, 0.05) is 89.9 Å². The van der Waals surface area contributed by atoms with Crippen LogP contribution in [0.25, 0.3) is 45.1 Å². The van der Waals surface area contributed by atoms with E-state index in [1.165, 1.54) is 22.5 Å². The second kappa shape index (κ2) is 20.7. The molecule has 0 aromatic carbocycles. The fourth-order valence-corrected chi connectivity index (χ4v) is 11.2. The van der Waals surface area contributed by atoms with Crippen LogP contribution in [0, 0.1) is 45.3 Å². The lowest BCUT2D eigenvalue weighted by Crippen LogP contribution is -2.55. The third-order valence-electron chi connectivity index (χ3n) is 15.3. The molecule has 6 aromatic rings. The number of carbonyl (C=O) groups excluding carboxylic acids is 4. The Bertz CT molecular complexity index is 3330. The summed E-state index contributed by atoms with van der Waals surface area (Å²) >= 11 is 0. The zero-order valence-corrected chi connectivity index (χ0v) is 46.7. The molecule has 0 saturated carbocycles. The van der Waals surface area contributed by atoms with Gasteiger partial charge in [-0.05, 0) is 69.2 Å². The van der Waals surface area contributed by atoms with E-state index in [0.29, 0.717) is 77.6 Å². The van der Waals surface area contributed by atoms with Gasteiger partial charge in [-0.2, -0.15) is 20.7 Å². The lowest BCUT2D eigenvalue weighted by Gasteiger charge is -2.37. The molecule has 2 aliphatic heterocycles. The Hall–Kier alpha value is -7.30. The standard InChI is InChI=1S/C30H42N8O3Si.C24H28N8O2/c1-19(29(40)37-15-20(13-31)16-37)33-28(39)22-17-38(18-41-10-11-42(5,6)7)27-26(22)34-23(14-32-27)25-21-8-9-30(2,3)12-24(21)36(4)35-25;1-13(23(34)32-11-14(8-25)12-32)28-22(33)16-9-26-21-20(16)29-17(10-27-21)19-15-5-6-24(2,3)7-18(15)31(4)30-19/h14,17,19-20H,8-12,15-16,18H2,1-7H3,(H,33,39);9-10,13-14H,5-7,11-12H2,1-4H3,(H,26,27)(H,28,33)/t19-;13-/m11/s1. The van der Waals surface area contributed by atoms with Crippen LogP contribution in [0.4, 0.5) is 0 Å². The van der Waals surface area contributed by atoms with Crippen molar-refractivity contribution in [1.29, 1.82) is 10.5 Å². The summed E-state index contributed by atoms with van der Waals surface area (Å²) in [4.78, 5) is 77.1. The normalized spacial score (nSPS) is 17.8. The molecular formula is C54H70N16O5Si. The summed E-state index contributed by atoms with van der Waals surface area (Å²) in [5.74, 6) is -1.49. The number of H-pyrrole nitrogens is 1. The van der Waals surface area contributed by atoms with Crippen LogP contribution in [0.15, 0.2) is 24.8 Å². The van der Waals surface area contributed by atoms with E-state index in [9.17, 15) is 19.2 Å². The Balaban J connectivity index is 0.000000190. The maximum Gasteiger partial charge on any atom is 0.255 e. The molecule has 8 heterocycles. The van der Waals surface area contributed by atoms with Crippen LogP contribution in [0.5, 0.6) is 0 Å². The molecule has 3 N–H and O–H groups in total. The third kappa shape index (κ3) is 11.0. The maximum atomic E-state index is 13.6. The molecule has 0 radical (unpaired) electrons. The first-order valence-electron chi connectivity index (χ1n) is 26.3. The van der Waals surface area contributed by atoms with Gasteiger partial charge in [-0.25, -0.2) is 19.9 Å². The summed E-state index contributed by atoms with van der Waals surface area (Å²) in [6, 6.07) is 3.89. The first kappa shape index (κ1) is 53.5. The first-order valence-corrected chi connectivity index (χ1v) is 30.0. The minimum atomic E-state index is -1.26. The van der Waals surface area contributed by atoms with Gasteiger partial charge in [0.1, 0.15) is 52.6 Å². The Morgan fingerprint density at radius 3 is 1.75 bits per heavy atom. The molecule has 2 aliphatic carbocycles. The second-order valence-electron chi connectivity index (χ2n) is 23.9. The van der Waals surface area contributed by atoms with Crippen molar-refractivity contribution in [2.45, 2.75) is 125 Å². The predicted molar refractivity (Wildman–Crippen MR) is 287 cm³/mol. The van der Waals surface area contributed by atoms with E-state index in [2.05, 4.69) is 80.1 Å². The summed E-state index contributed by atoms with van der Waals surface area (Å²) < 4.78 is 11.7. The average molecular weight is 1050 g/mol. The maximum absolute atomic E-state index is 13.6. The molecule has 10 rings (SSSR count). The molecule has 2 atom stereocenters. The Labute approximate surface area is 443 Å². The molecule has 400 valence electrons. The largest absolute Gasteiger partial charge is 0.361 e. The molecule has 21 nitrogen and oxygen atoms in total. The molecule has 2 fully saturated rings. The molecule has 2 saturated heterocycles. The van der Waals surface area contributed by atoms with Gasteiger partial charge in [0.05, 0.1) is 47.5 Å². The highest BCUT2D eigenvalue weighted by Crippen LogP contribution is 2.40. The van der Waals surface area contributed by atoms with Crippen LogP contribution >= 0.6 is 0 Å². The molecule has 0 unspecified atom stereocenters. The predicted octanol–water partition coefficient (Wildman–Crippen LogP) is 5.73. The molecule has 0 spiro atoms. The molecule has 0 bridgehead atoms. The van der Waals surface area contributed by atoms with Crippen LogP contribution in [-0.4, -0.2) is 135 Å². The van der Waals surface area contributed by atoms with E-state index in [4.69, 9.17) is 40.4 Å². The molecule has 6 aromatic heterocycles. The number of nitriles is 2. The Morgan fingerprint density at radius 1 is 0.763 bits per heavy atom. The zero-order valence-electron chi connectivity index (χ0n) is 45.7. The monoisotopic (exact) mass is 1050 g/mol. The number of amides is 4. The first-order chi connectivity index (χ1) is 35.9. The number of hydrogen-bond donors (Lipinski definition) is 3. The second-order valence-corrected chi connectivity index (χ2v) is 29.6. The lowest BCUT2D eigenvalue weighted by molar-refractivity contribution is -0.138. The van der Waals surface area contributed by atoms with Crippen LogP contribution in [0.2, 0.25) is 25.7 Å². The van der Waals surface area contributed by atoms with E-state index in [1.54, 1.807) is 53.0 Å². The highest BCUT2D eigenvalue weighted by Gasteiger charge is 2.37. The molecule has 4 amide bonds. The van der Waals surface area contributed by atoms with E-state index in [1.807, 2.05) is 23.5 Å². The number of aromatic amines is 1. The lowest BCUT2D eigenvalue weighted by atomic mass is 9.76. The van der Waals surface area contributed by atoms with E-state index in [0.717, 1.165) is 56.0 Å². The van der Waals surface area contributed by atoms with Gasteiger partial charge in [-0.1, -0.05) is 47.3 Å². The van der Waals surface area contributed by atoms with E-state index in [-0.39, 0.29) is 41.2 Å². The van der Waals surface area contributed by atoms with Crippen molar-refractivity contribution in [1.82, 2.24) is 69.5 Å². The highest BCUT2D eigenvalue weighted by molar-refractivity contribution is 6.76. The highest BCUT2D eigenvalue weighted by atomic mass is 28.3. The van der Waals surface area contributed by atoms with E-state index >= 15 is 0 Å². The topological polar surface area (TPSA) is 264 Å². The van der Waals surface area contributed by atoms with Crippen molar-refractivity contribution in [2.75, 3.05) is 32.8 Å². The van der Waals surface area contributed by atoms with Crippen LogP contribution in [0.3, 0.4) is 0 Å². The summed E-state index contributed by atoms with van der Waals surface area (Å²) in [7, 11) is 2.67. The van der Waals surface area contributed by atoms with Gasteiger partial charge < -0.3 is 34.7 Å². The number of nitrogens with one attached hydrogen (secondary N) is 3. The summed E-state index contributed by atoms with van der Waals surface area (Å²) in [5, 5.41) is 33.1. The van der Waals surface area contributed by atoms with Gasteiger partial charge in [-0.3, -0.25) is 28.5 Å². The van der Waals surface area contributed by atoms with Crippen molar-refractivity contribution in [3.05, 3.63) is 58.4 Å². The average Bonchev–Trinajstić information content (AvgIpc) is 4.12. The van der Waals surface area contributed by atoms with Gasteiger partial charge in [0.15, 0.2) is 11.3 Å². The number of fused-ring (bicyclic) bond motifs is 4. The van der Waals surface area contributed by atoms with Crippen molar-refractivity contribution < 1.29 is 23.9 Å². The van der Waals surface area contributed by atoms with Crippen molar-refractivity contribution in [3.63, 3.8) is 0 Å². The van der Waals surface area contributed by atoms with Crippen molar-refractivity contribution >= 4 is 54.0 Å². The number of likely N-dealkylation sites (tertiary alicyclic amines) is 2. The molecule has 76 heavy (non-hydrogen) atoms.